The highest BCUT2D eigenvalue weighted by atomic mass is 19.4. The molecule has 1 unspecified atom stereocenters. The number of amides is 2. The highest BCUT2D eigenvalue weighted by molar-refractivity contribution is 5.92. The molecule has 1 atom stereocenters. The van der Waals surface area contributed by atoms with Crippen LogP contribution in [0.4, 0.5) is 19.0 Å². The Kier molecular flexibility index (Phi) is 7.90. The molecule has 0 bridgehead atoms. The first-order valence-corrected chi connectivity index (χ1v) is 12.9. The summed E-state index contributed by atoms with van der Waals surface area (Å²) < 4.78 is 43.5. The van der Waals surface area contributed by atoms with E-state index in [2.05, 4.69) is 20.0 Å². The van der Waals surface area contributed by atoms with E-state index >= 15 is 0 Å². The number of imidazole rings is 1. The van der Waals surface area contributed by atoms with Crippen LogP contribution < -0.4 is 10.1 Å². The number of piperazine rings is 1. The number of benzene rings is 2. The topological polar surface area (TPSA) is 92.1 Å². The molecule has 12 heteroatoms. The Morgan fingerprint density at radius 3 is 2.37 bits per heavy atom. The van der Waals surface area contributed by atoms with Gasteiger partial charge in [0, 0.05) is 50.2 Å². The number of carbonyl (C=O) groups is 2. The maximum atomic E-state index is 13.4. The number of halogens is 3. The second kappa shape index (κ2) is 11.7. The first kappa shape index (κ1) is 27.7. The van der Waals surface area contributed by atoms with Crippen molar-refractivity contribution in [3.63, 3.8) is 0 Å². The van der Waals surface area contributed by atoms with Gasteiger partial charge in [-0.25, -0.2) is 4.98 Å². The van der Waals surface area contributed by atoms with Crippen LogP contribution in [0.1, 0.15) is 12.5 Å². The van der Waals surface area contributed by atoms with E-state index in [0.29, 0.717) is 48.9 Å². The summed E-state index contributed by atoms with van der Waals surface area (Å²) >= 11 is 0. The lowest BCUT2D eigenvalue weighted by Crippen LogP contribution is -2.53. The zero-order chi connectivity index (χ0) is 29.0. The molecule has 0 spiro atoms. The third-order valence-corrected chi connectivity index (χ3v) is 6.64. The fourth-order valence-corrected chi connectivity index (χ4v) is 4.59. The molecular formula is C29H27F3N6O3. The fraction of sp³-hybridized carbons (Fsp3) is 0.241. The lowest BCUT2D eigenvalue weighted by Gasteiger charge is -2.35. The number of hydrogen-bond acceptors (Lipinski definition) is 6. The number of nitrogens with one attached hydrogen (secondary N) is 1. The first-order chi connectivity index (χ1) is 19.7. The van der Waals surface area contributed by atoms with Gasteiger partial charge in [-0.1, -0.05) is 30.3 Å². The highest BCUT2D eigenvalue weighted by Gasteiger charge is 2.31. The minimum Gasteiger partial charge on any atom is -0.406 e. The van der Waals surface area contributed by atoms with Gasteiger partial charge in [-0.2, -0.15) is 0 Å². The summed E-state index contributed by atoms with van der Waals surface area (Å²) in [5.41, 5.74) is 2.40. The van der Waals surface area contributed by atoms with Crippen LogP contribution in [0.5, 0.6) is 5.75 Å². The zero-order valence-corrected chi connectivity index (χ0v) is 22.1. The maximum Gasteiger partial charge on any atom is 0.573 e. The molecule has 1 N–H and O–H groups in total. The van der Waals surface area contributed by atoms with Crippen molar-refractivity contribution in [1.82, 2.24) is 24.2 Å². The smallest absolute Gasteiger partial charge is 0.406 e. The molecule has 1 aliphatic rings. The van der Waals surface area contributed by atoms with Crippen LogP contribution in [-0.4, -0.2) is 74.6 Å². The zero-order valence-electron chi connectivity index (χ0n) is 22.1. The molecule has 0 radical (unpaired) electrons. The molecule has 1 aliphatic heterocycles. The number of alkyl halides is 3. The molecule has 0 saturated carbocycles. The molecule has 3 heterocycles. The average molecular weight is 565 g/mol. The summed E-state index contributed by atoms with van der Waals surface area (Å²) in [6.07, 6.45) is 3.31. The van der Waals surface area contributed by atoms with Crippen molar-refractivity contribution >= 4 is 29.4 Å². The number of aromatic nitrogens is 3. The van der Waals surface area contributed by atoms with Gasteiger partial charge in [-0.05, 0) is 42.8 Å². The highest BCUT2D eigenvalue weighted by Crippen LogP contribution is 2.31. The van der Waals surface area contributed by atoms with Crippen LogP contribution >= 0.6 is 0 Å². The normalized spacial score (nSPS) is 14.8. The number of ether oxygens (including phenoxy) is 1. The molecule has 9 nitrogen and oxygen atoms in total. The molecule has 2 aromatic carbocycles. The minimum absolute atomic E-state index is 0.109. The number of rotatable bonds is 7. The standard InChI is InChI=1S/C29H27F3N6O3/c1-20(28(40)37-17-15-36(16-18-37)25(39)12-7-21-5-3-2-4-6-21)34-27-26(35-24-19-33-13-14-38(24)27)22-8-10-23(11-9-22)41-29(30,31)32/h2-14,19-20,34H,15-18H2,1H3. The van der Waals surface area contributed by atoms with Gasteiger partial charge in [0.2, 0.25) is 11.8 Å². The summed E-state index contributed by atoms with van der Waals surface area (Å²) in [7, 11) is 0. The lowest BCUT2D eigenvalue weighted by molar-refractivity contribution is -0.274. The molecule has 4 aromatic rings. The van der Waals surface area contributed by atoms with Crippen molar-refractivity contribution in [2.45, 2.75) is 19.3 Å². The lowest BCUT2D eigenvalue weighted by atomic mass is 10.1. The van der Waals surface area contributed by atoms with Gasteiger partial charge in [0.25, 0.3) is 0 Å². The molecule has 0 aliphatic carbocycles. The monoisotopic (exact) mass is 564 g/mol. The second-order valence-corrected chi connectivity index (χ2v) is 9.45. The SMILES string of the molecule is CC(Nc1c(-c2ccc(OC(F)(F)F)cc2)nc2cnccn12)C(=O)N1CCN(C(=O)C=Cc2ccccc2)CC1. The van der Waals surface area contributed by atoms with Gasteiger partial charge in [0.15, 0.2) is 5.65 Å². The van der Waals surface area contributed by atoms with Gasteiger partial charge in [-0.3, -0.25) is 19.0 Å². The quantitative estimate of drug-likeness (QED) is 0.333. The van der Waals surface area contributed by atoms with Crippen molar-refractivity contribution in [3.05, 3.63) is 84.8 Å². The Hall–Kier alpha value is -4.87. The number of nitrogens with zero attached hydrogens (tertiary/aromatic N) is 5. The van der Waals surface area contributed by atoms with Gasteiger partial charge in [-0.15, -0.1) is 13.2 Å². The summed E-state index contributed by atoms with van der Waals surface area (Å²) in [6, 6.07) is 14.2. The molecule has 2 amide bonds. The predicted octanol–water partition coefficient (Wildman–Crippen LogP) is 4.48. The summed E-state index contributed by atoms with van der Waals surface area (Å²) in [6.45, 7) is 3.33. The third-order valence-electron chi connectivity index (χ3n) is 6.64. The van der Waals surface area contributed by atoms with Crippen LogP contribution in [0, 0.1) is 0 Å². The Bertz CT molecular complexity index is 1550. The van der Waals surface area contributed by atoms with Crippen molar-refractivity contribution < 1.29 is 27.5 Å². The number of fused-ring (bicyclic) bond motifs is 1. The first-order valence-electron chi connectivity index (χ1n) is 12.9. The minimum atomic E-state index is -4.80. The average Bonchev–Trinajstić information content (AvgIpc) is 3.34. The van der Waals surface area contributed by atoms with E-state index in [0.717, 1.165) is 5.56 Å². The maximum absolute atomic E-state index is 13.4. The summed E-state index contributed by atoms with van der Waals surface area (Å²) in [5, 5.41) is 3.23. The van der Waals surface area contributed by atoms with E-state index in [1.807, 2.05) is 30.3 Å². The largest absolute Gasteiger partial charge is 0.573 e. The van der Waals surface area contributed by atoms with Crippen molar-refractivity contribution in [1.29, 1.82) is 0 Å². The Labute approximate surface area is 233 Å². The van der Waals surface area contributed by atoms with Crippen LogP contribution in [0.25, 0.3) is 23.0 Å². The molecule has 2 aromatic heterocycles. The van der Waals surface area contributed by atoms with Gasteiger partial charge >= 0.3 is 6.36 Å². The predicted molar refractivity (Wildman–Crippen MR) is 147 cm³/mol. The molecule has 1 saturated heterocycles. The third kappa shape index (κ3) is 6.65. The van der Waals surface area contributed by atoms with E-state index in [9.17, 15) is 22.8 Å². The second-order valence-electron chi connectivity index (χ2n) is 9.45. The van der Waals surface area contributed by atoms with Crippen LogP contribution in [0.3, 0.4) is 0 Å². The van der Waals surface area contributed by atoms with E-state index in [1.54, 1.807) is 51.9 Å². The van der Waals surface area contributed by atoms with Crippen LogP contribution in [0.2, 0.25) is 0 Å². The molecule has 41 heavy (non-hydrogen) atoms. The van der Waals surface area contributed by atoms with Gasteiger partial charge in [0.1, 0.15) is 23.3 Å². The number of anilines is 1. The Morgan fingerprint density at radius 1 is 1.00 bits per heavy atom. The molecule has 1 fully saturated rings. The fourth-order valence-electron chi connectivity index (χ4n) is 4.59. The van der Waals surface area contributed by atoms with Crippen molar-refractivity contribution in [2.75, 3.05) is 31.5 Å². The molecule has 5 rings (SSSR count). The van der Waals surface area contributed by atoms with Gasteiger partial charge in [0.05, 0.1) is 6.20 Å². The Balaban J connectivity index is 1.26. The summed E-state index contributed by atoms with van der Waals surface area (Å²) in [5.74, 6) is -0.117. The van der Waals surface area contributed by atoms with Crippen molar-refractivity contribution in [2.24, 2.45) is 0 Å². The van der Waals surface area contributed by atoms with Crippen LogP contribution in [0.15, 0.2) is 79.3 Å². The van der Waals surface area contributed by atoms with Crippen molar-refractivity contribution in [3.8, 4) is 17.0 Å². The summed E-state index contributed by atoms with van der Waals surface area (Å²) in [4.78, 5) is 38.1. The van der Waals surface area contributed by atoms with Crippen LogP contribution in [-0.2, 0) is 9.59 Å². The van der Waals surface area contributed by atoms with E-state index in [4.69, 9.17) is 0 Å². The number of hydrogen-bond donors (Lipinski definition) is 1. The van der Waals surface area contributed by atoms with E-state index in [1.165, 1.54) is 24.3 Å². The molecule has 212 valence electrons. The van der Waals surface area contributed by atoms with Gasteiger partial charge < -0.3 is 19.9 Å². The Morgan fingerprint density at radius 2 is 1.68 bits per heavy atom. The van der Waals surface area contributed by atoms with E-state index < -0.39 is 12.4 Å². The van der Waals surface area contributed by atoms with E-state index in [-0.39, 0.29) is 17.6 Å². The molecular weight excluding hydrogens is 537 g/mol. The number of carbonyl (C=O) groups excluding carboxylic acids is 2.